The Morgan fingerprint density at radius 3 is 2.91 bits per heavy atom. The van der Waals surface area contributed by atoms with Crippen molar-refractivity contribution in [3.05, 3.63) is 18.4 Å². The molecule has 3 aromatic heterocycles. The van der Waals surface area contributed by atoms with E-state index in [4.69, 9.17) is 4.52 Å². The highest BCUT2D eigenvalue weighted by Crippen LogP contribution is 2.46. The number of rotatable bonds is 4. The van der Waals surface area contributed by atoms with Crippen LogP contribution in [0.25, 0.3) is 22.6 Å². The van der Waals surface area contributed by atoms with E-state index >= 15 is 0 Å². The molecule has 3 N–H and O–H groups in total. The molecule has 11 heteroatoms. The van der Waals surface area contributed by atoms with Crippen molar-refractivity contribution in [2.75, 3.05) is 38.5 Å². The van der Waals surface area contributed by atoms with E-state index in [1.807, 2.05) is 7.05 Å². The summed E-state index contributed by atoms with van der Waals surface area (Å²) < 4.78 is 5.41. The summed E-state index contributed by atoms with van der Waals surface area (Å²) in [7, 11) is 2.04. The van der Waals surface area contributed by atoms with E-state index in [0.29, 0.717) is 42.0 Å². The number of nitrogens with one attached hydrogen (secondary N) is 2. The lowest BCUT2D eigenvalue weighted by Gasteiger charge is -2.48. The van der Waals surface area contributed by atoms with E-state index in [2.05, 4.69) is 42.2 Å². The molecule has 2 saturated carbocycles. The van der Waals surface area contributed by atoms with Crippen molar-refractivity contribution in [1.82, 2.24) is 34.9 Å². The van der Waals surface area contributed by atoms with Crippen molar-refractivity contribution < 1.29 is 14.4 Å². The highest BCUT2D eigenvalue weighted by Gasteiger charge is 2.45. The molecule has 4 heterocycles. The standard InChI is InChI=1S/C24H32N8O3/c1-14-9-15-11-24(34,10-14)4-3-17(15)28-18-16(12-25-21-19(18)26-13-27-21)20-29-22(35-30-20)23(33)32-7-5-31(2)6-8-32/h12-15,17,34H,3-11H2,1-2H3,(H2,25,26,27,28)/t14?,15-,17-,24-/m0/s1. The van der Waals surface area contributed by atoms with E-state index in [9.17, 15) is 9.90 Å². The van der Waals surface area contributed by atoms with Crippen LogP contribution < -0.4 is 5.32 Å². The first-order valence-electron chi connectivity index (χ1n) is 12.5. The van der Waals surface area contributed by atoms with Gasteiger partial charge in [0.15, 0.2) is 5.65 Å². The topological polar surface area (TPSA) is 136 Å². The van der Waals surface area contributed by atoms with Gasteiger partial charge in [-0.1, -0.05) is 12.1 Å². The molecule has 35 heavy (non-hydrogen) atoms. The number of fused-ring (bicyclic) bond motifs is 3. The predicted octanol–water partition coefficient (Wildman–Crippen LogP) is 2.14. The SMILES string of the molecule is CC1C[C@H]2C[C@](O)(CC[C@@H]2Nc2c(-c3noc(C(=O)N4CCN(C)CC4)n3)cnc3nc[nH]c23)C1. The number of H-pyrrole nitrogens is 1. The molecule has 3 aliphatic rings. The Bertz CT molecular complexity index is 1230. The molecule has 1 saturated heterocycles. The van der Waals surface area contributed by atoms with Crippen molar-refractivity contribution in [2.24, 2.45) is 11.8 Å². The third-order valence-corrected chi connectivity index (χ3v) is 7.99. The van der Waals surface area contributed by atoms with Crippen LogP contribution in [0.5, 0.6) is 0 Å². The maximum Gasteiger partial charge on any atom is 0.316 e. The number of hydrogen-bond acceptors (Lipinski definition) is 9. The third kappa shape index (κ3) is 4.16. The Hall–Kier alpha value is -3.05. The number of carbonyl (C=O) groups is 1. The molecular weight excluding hydrogens is 448 g/mol. The molecule has 3 fully saturated rings. The van der Waals surface area contributed by atoms with Crippen molar-refractivity contribution in [3.63, 3.8) is 0 Å². The maximum atomic E-state index is 12.9. The van der Waals surface area contributed by atoms with Crippen LogP contribution in [0.3, 0.4) is 0 Å². The first-order valence-corrected chi connectivity index (χ1v) is 12.5. The maximum absolute atomic E-state index is 12.9. The van der Waals surface area contributed by atoms with Crippen LogP contribution >= 0.6 is 0 Å². The first-order chi connectivity index (χ1) is 16.9. The van der Waals surface area contributed by atoms with Gasteiger partial charge in [0, 0.05) is 38.4 Å². The molecule has 4 atom stereocenters. The van der Waals surface area contributed by atoms with Crippen molar-refractivity contribution in [2.45, 2.75) is 50.7 Å². The second-order valence-electron chi connectivity index (χ2n) is 10.7. The van der Waals surface area contributed by atoms with Gasteiger partial charge in [-0.25, -0.2) is 9.97 Å². The van der Waals surface area contributed by atoms with Gasteiger partial charge in [-0.15, -0.1) is 0 Å². The van der Waals surface area contributed by atoms with E-state index in [1.54, 1.807) is 17.4 Å². The number of aromatic amines is 1. The summed E-state index contributed by atoms with van der Waals surface area (Å²) in [4.78, 5) is 33.3. The second kappa shape index (κ2) is 8.56. The van der Waals surface area contributed by atoms with Crippen LogP contribution in [0.15, 0.2) is 17.0 Å². The number of aliphatic hydroxyl groups is 1. The summed E-state index contributed by atoms with van der Waals surface area (Å²) in [6.45, 7) is 5.13. The van der Waals surface area contributed by atoms with Crippen LogP contribution in [0.4, 0.5) is 5.69 Å². The van der Waals surface area contributed by atoms with Gasteiger partial charge in [0.25, 0.3) is 0 Å². The van der Waals surface area contributed by atoms with E-state index in [1.165, 1.54) is 0 Å². The van der Waals surface area contributed by atoms with E-state index < -0.39 is 5.60 Å². The summed E-state index contributed by atoms with van der Waals surface area (Å²) >= 11 is 0. The van der Waals surface area contributed by atoms with Crippen LogP contribution in [-0.2, 0) is 0 Å². The number of likely N-dealkylation sites (N-methyl/N-ethyl adjacent to an activating group) is 1. The quantitative estimate of drug-likeness (QED) is 0.513. The minimum Gasteiger partial charge on any atom is -0.390 e. The number of anilines is 1. The average molecular weight is 481 g/mol. The van der Waals surface area contributed by atoms with Crippen molar-refractivity contribution in [3.8, 4) is 11.4 Å². The number of imidazole rings is 1. The number of amides is 1. The fourth-order valence-electron chi connectivity index (χ4n) is 6.23. The number of hydrogen-bond donors (Lipinski definition) is 3. The van der Waals surface area contributed by atoms with Gasteiger partial charge in [0.05, 0.1) is 23.2 Å². The average Bonchev–Trinajstić information content (AvgIpc) is 3.50. The van der Waals surface area contributed by atoms with Gasteiger partial charge in [-0.2, -0.15) is 4.98 Å². The van der Waals surface area contributed by atoms with Gasteiger partial charge < -0.3 is 29.7 Å². The number of nitrogens with zero attached hydrogens (tertiary/aromatic N) is 6. The highest BCUT2D eigenvalue weighted by molar-refractivity contribution is 5.95. The number of carbonyl (C=O) groups excluding carboxylic acids is 1. The summed E-state index contributed by atoms with van der Waals surface area (Å²) in [6.07, 6.45) is 7.74. The number of pyridine rings is 1. The van der Waals surface area contributed by atoms with Crippen LogP contribution in [0.2, 0.25) is 0 Å². The summed E-state index contributed by atoms with van der Waals surface area (Å²) in [5, 5.41) is 18.9. The summed E-state index contributed by atoms with van der Waals surface area (Å²) in [5.74, 6) is 0.927. The molecule has 11 nitrogen and oxygen atoms in total. The molecule has 186 valence electrons. The van der Waals surface area contributed by atoms with E-state index in [-0.39, 0.29) is 17.8 Å². The highest BCUT2D eigenvalue weighted by atomic mass is 16.5. The van der Waals surface area contributed by atoms with Gasteiger partial charge in [-0.3, -0.25) is 4.79 Å². The lowest BCUT2D eigenvalue weighted by Crippen LogP contribution is -2.49. The zero-order valence-corrected chi connectivity index (χ0v) is 20.2. The summed E-state index contributed by atoms with van der Waals surface area (Å²) in [6, 6.07) is 0.198. The predicted molar refractivity (Wildman–Crippen MR) is 129 cm³/mol. The Morgan fingerprint density at radius 2 is 2.09 bits per heavy atom. The van der Waals surface area contributed by atoms with Crippen LogP contribution in [-0.4, -0.2) is 90.8 Å². The lowest BCUT2D eigenvalue weighted by atomic mass is 9.64. The van der Waals surface area contributed by atoms with E-state index in [0.717, 1.165) is 56.4 Å². The van der Waals surface area contributed by atoms with Gasteiger partial charge >= 0.3 is 11.8 Å². The smallest absolute Gasteiger partial charge is 0.316 e. The zero-order chi connectivity index (χ0) is 24.2. The minimum absolute atomic E-state index is 0.0101. The number of aromatic nitrogens is 5. The molecule has 1 amide bonds. The molecule has 3 aromatic rings. The largest absolute Gasteiger partial charge is 0.390 e. The fourth-order valence-corrected chi connectivity index (χ4v) is 6.23. The molecule has 1 unspecified atom stereocenters. The summed E-state index contributed by atoms with van der Waals surface area (Å²) in [5.41, 5.74) is 2.28. The first kappa shape index (κ1) is 22.4. The van der Waals surface area contributed by atoms with Gasteiger partial charge in [-0.05, 0) is 51.0 Å². The number of piperazine rings is 1. The molecule has 0 spiro atoms. The molecule has 2 aliphatic carbocycles. The molecule has 2 bridgehead atoms. The lowest BCUT2D eigenvalue weighted by molar-refractivity contribution is -0.0677. The molecular formula is C24H32N8O3. The normalized spacial score (nSPS) is 29.5. The van der Waals surface area contributed by atoms with Crippen molar-refractivity contribution in [1.29, 1.82) is 0 Å². The van der Waals surface area contributed by atoms with Crippen LogP contribution in [0, 0.1) is 11.8 Å². The van der Waals surface area contributed by atoms with Crippen molar-refractivity contribution >= 4 is 22.8 Å². The van der Waals surface area contributed by atoms with Crippen LogP contribution in [0.1, 0.15) is 49.7 Å². The molecule has 0 aromatic carbocycles. The minimum atomic E-state index is -0.545. The Morgan fingerprint density at radius 1 is 1.26 bits per heavy atom. The second-order valence-corrected chi connectivity index (χ2v) is 10.7. The molecule has 6 rings (SSSR count). The van der Waals surface area contributed by atoms with Gasteiger partial charge in [0.2, 0.25) is 5.82 Å². The Labute approximate surface area is 203 Å². The molecule has 1 aliphatic heterocycles. The molecule has 0 radical (unpaired) electrons. The Kier molecular flexibility index (Phi) is 5.48. The Balaban J connectivity index is 1.30. The monoisotopic (exact) mass is 480 g/mol. The zero-order valence-electron chi connectivity index (χ0n) is 20.2. The third-order valence-electron chi connectivity index (χ3n) is 7.99. The van der Waals surface area contributed by atoms with Gasteiger partial charge in [0.1, 0.15) is 5.52 Å². The fraction of sp³-hybridized carbons (Fsp3) is 0.625.